The minimum Gasteiger partial charge on any atom is -0.476 e. The molecule has 0 aliphatic heterocycles. The first kappa shape index (κ1) is 12.7. The van der Waals surface area contributed by atoms with E-state index in [-0.39, 0.29) is 18.4 Å². The second-order valence-corrected chi connectivity index (χ2v) is 3.50. The minimum atomic E-state index is -0.0166. The third-order valence-electron chi connectivity index (χ3n) is 1.84. The molecule has 2 aromatic rings. The summed E-state index contributed by atoms with van der Waals surface area (Å²) in [5.74, 6) is 1.15. The number of hydrogen-bond donors (Lipinski definition) is 1. The summed E-state index contributed by atoms with van der Waals surface area (Å²) in [6, 6.07) is 1.79. The summed E-state index contributed by atoms with van der Waals surface area (Å²) in [7, 11) is 0. The Morgan fingerprint density at radius 2 is 2.31 bits per heavy atom. The number of nitrogens with two attached hydrogens (primary N) is 1. The van der Waals surface area contributed by atoms with E-state index in [0.717, 1.165) is 5.69 Å². The molecule has 0 radical (unpaired) electrons. The average molecular weight is 244 g/mol. The fourth-order valence-corrected chi connectivity index (χ4v) is 1.22. The molecule has 2 N–H and O–H groups in total. The van der Waals surface area contributed by atoms with Crippen LogP contribution in [-0.2, 0) is 0 Å². The molecule has 2 rings (SSSR count). The van der Waals surface area contributed by atoms with Gasteiger partial charge in [0.15, 0.2) is 0 Å². The first-order chi connectivity index (χ1) is 7.16. The van der Waals surface area contributed by atoms with Gasteiger partial charge in [-0.25, -0.2) is 4.98 Å². The Morgan fingerprint density at radius 1 is 1.56 bits per heavy atom. The first-order valence-electron chi connectivity index (χ1n) is 4.72. The van der Waals surface area contributed by atoms with Gasteiger partial charge >= 0.3 is 0 Å². The van der Waals surface area contributed by atoms with Crippen molar-refractivity contribution in [3.05, 3.63) is 18.1 Å². The van der Waals surface area contributed by atoms with Crippen molar-refractivity contribution in [2.75, 3.05) is 6.61 Å². The molecule has 1 unspecified atom stereocenters. The van der Waals surface area contributed by atoms with Crippen molar-refractivity contribution in [1.29, 1.82) is 0 Å². The van der Waals surface area contributed by atoms with Crippen molar-refractivity contribution in [3.63, 3.8) is 0 Å². The molecule has 16 heavy (non-hydrogen) atoms. The molecule has 2 aromatic heterocycles. The molecule has 0 aromatic carbocycles. The molecular weight excluding hydrogens is 230 g/mol. The van der Waals surface area contributed by atoms with E-state index in [0.29, 0.717) is 18.3 Å². The maximum absolute atomic E-state index is 5.61. The van der Waals surface area contributed by atoms with Gasteiger partial charge in [-0.1, -0.05) is 0 Å². The van der Waals surface area contributed by atoms with E-state index in [1.54, 1.807) is 4.52 Å². The zero-order valence-electron chi connectivity index (χ0n) is 9.12. The number of halogens is 1. The molecule has 0 amide bonds. The van der Waals surface area contributed by atoms with Gasteiger partial charge in [0.25, 0.3) is 5.78 Å². The van der Waals surface area contributed by atoms with Gasteiger partial charge in [-0.3, -0.25) is 0 Å². The second kappa shape index (κ2) is 5.09. The van der Waals surface area contributed by atoms with Crippen LogP contribution in [0.25, 0.3) is 5.78 Å². The molecule has 0 fully saturated rings. The van der Waals surface area contributed by atoms with Crippen molar-refractivity contribution < 1.29 is 4.74 Å². The van der Waals surface area contributed by atoms with Crippen molar-refractivity contribution >= 4 is 18.2 Å². The Morgan fingerprint density at radius 3 is 3.00 bits per heavy atom. The van der Waals surface area contributed by atoms with Gasteiger partial charge in [0, 0.05) is 17.8 Å². The molecule has 0 saturated heterocycles. The van der Waals surface area contributed by atoms with Crippen molar-refractivity contribution in [2.45, 2.75) is 19.9 Å². The lowest BCUT2D eigenvalue weighted by atomic mass is 10.4. The Labute approximate surface area is 99.2 Å². The third-order valence-corrected chi connectivity index (χ3v) is 1.84. The quantitative estimate of drug-likeness (QED) is 0.853. The van der Waals surface area contributed by atoms with E-state index in [1.807, 2.05) is 19.9 Å². The lowest BCUT2D eigenvalue weighted by Gasteiger charge is -2.09. The molecule has 0 aliphatic rings. The SMILES string of the molecule is Cc1cc(OCC(C)N)n2ncnc2n1.Cl. The third kappa shape index (κ3) is 2.59. The van der Waals surface area contributed by atoms with E-state index < -0.39 is 0 Å². The molecule has 0 spiro atoms. The predicted octanol–water partition coefficient (Wildman–Crippen LogP) is 0.581. The van der Waals surface area contributed by atoms with Crippen LogP contribution in [0.3, 0.4) is 0 Å². The number of ether oxygens (including phenoxy) is 1. The van der Waals surface area contributed by atoms with Gasteiger partial charge in [-0.2, -0.15) is 14.6 Å². The zero-order valence-corrected chi connectivity index (χ0v) is 9.94. The van der Waals surface area contributed by atoms with E-state index in [2.05, 4.69) is 15.1 Å². The van der Waals surface area contributed by atoms with Crippen molar-refractivity contribution in [3.8, 4) is 5.88 Å². The molecule has 7 heteroatoms. The number of fused-ring (bicyclic) bond motifs is 1. The summed E-state index contributed by atoms with van der Waals surface area (Å²) < 4.78 is 7.07. The van der Waals surface area contributed by atoms with Gasteiger partial charge in [0.2, 0.25) is 5.88 Å². The Kier molecular flexibility index (Phi) is 4.03. The highest BCUT2D eigenvalue weighted by Crippen LogP contribution is 2.12. The van der Waals surface area contributed by atoms with E-state index >= 15 is 0 Å². The monoisotopic (exact) mass is 243 g/mol. The topological polar surface area (TPSA) is 78.3 Å². The lowest BCUT2D eigenvalue weighted by molar-refractivity contribution is 0.277. The van der Waals surface area contributed by atoms with Crippen LogP contribution >= 0.6 is 12.4 Å². The van der Waals surface area contributed by atoms with Gasteiger partial charge in [-0.15, -0.1) is 12.4 Å². The Balaban J connectivity index is 0.00000128. The van der Waals surface area contributed by atoms with Crippen molar-refractivity contribution in [2.24, 2.45) is 5.73 Å². The highest BCUT2D eigenvalue weighted by molar-refractivity contribution is 5.85. The van der Waals surface area contributed by atoms with E-state index in [1.165, 1.54) is 6.33 Å². The van der Waals surface area contributed by atoms with Gasteiger partial charge in [-0.05, 0) is 13.8 Å². The molecule has 6 nitrogen and oxygen atoms in total. The second-order valence-electron chi connectivity index (χ2n) is 3.50. The molecular formula is C9H14ClN5O. The van der Waals surface area contributed by atoms with Crippen LogP contribution in [0.2, 0.25) is 0 Å². The van der Waals surface area contributed by atoms with Gasteiger partial charge < -0.3 is 10.5 Å². The maximum Gasteiger partial charge on any atom is 0.255 e. The Hall–Kier alpha value is -1.40. The smallest absolute Gasteiger partial charge is 0.255 e. The standard InChI is InChI=1S/C9H13N5O.ClH/c1-6(10)4-15-8-3-7(2)13-9-11-5-12-14(8)9;/h3,5-6H,4,10H2,1-2H3;1H. The summed E-state index contributed by atoms with van der Waals surface area (Å²) in [4.78, 5) is 8.20. The number of aromatic nitrogens is 4. The fourth-order valence-electron chi connectivity index (χ4n) is 1.22. The van der Waals surface area contributed by atoms with Crippen LogP contribution < -0.4 is 10.5 Å². The van der Waals surface area contributed by atoms with Crippen LogP contribution in [-0.4, -0.2) is 32.2 Å². The molecule has 2 heterocycles. The highest BCUT2D eigenvalue weighted by Gasteiger charge is 2.06. The molecule has 0 bridgehead atoms. The minimum absolute atomic E-state index is 0. The zero-order chi connectivity index (χ0) is 10.8. The fraction of sp³-hybridized carbons (Fsp3) is 0.444. The molecule has 1 atom stereocenters. The van der Waals surface area contributed by atoms with Crippen LogP contribution in [0.5, 0.6) is 5.88 Å². The molecule has 0 aliphatic carbocycles. The highest BCUT2D eigenvalue weighted by atomic mass is 35.5. The van der Waals surface area contributed by atoms with Crippen molar-refractivity contribution in [1.82, 2.24) is 19.6 Å². The largest absolute Gasteiger partial charge is 0.476 e. The Bertz CT molecular complexity index is 470. The number of rotatable bonds is 3. The average Bonchev–Trinajstić information content (AvgIpc) is 2.61. The first-order valence-corrected chi connectivity index (χ1v) is 4.72. The maximum atomic E-state index is 5.61. The van der Waals surface area contributed by atoms with Crippen LogP contribution in [0.1, 0.15) is 12.6 Å². The predicted molar refractivity (Wildman–Crippen MR) is 61.9 cm³/mol. The molecule has 88 valence electrons. The summed E-state index contributed by atoms with van der Waals surface area (Å²) in [5.41, 5.74) is 6.45. The number of hydrogen-bond acceptors (Lipinski definition) is 5. The van der Waals surface area contributed by atoms with Gasteiger partial charge in [0.05, 0.1) is 0 Å². The van der Waals surface area contributed by atoms with Crippen LogP contribution in [0, 0.1) is 6.92 Å². The summed E-state index contributed by atoms with van der Waals surface area (Å²) in [5, 5.41) is 4.01. The number of nitrogens with zero attached hydrogens (tertiary/aromatic N) is 4. The summed E-state index contributed by atoms with van der Waals surface area (Å²) >= 11 is 0. The van der Waals surface area contributed by atoms with Crippen LogP contribution in [0.4, 0.5) is 0 Å². The summed E-state index contributed by atoms with van der Waals surface area (Å²) in [6.45, 7) is 4.21. The lowest BCUT2D eigenvalue weighted by Crippen LogP contribution is -2.24. The van der Waals surface area contributed by atoms with Crippen LogP contribution in [0.15, 0.2) is 12.4 Å². The van der Waals surface area contributed by atoms with Gasteiger partial charge in [0.1, 0.15) is 12.9 Å². The van der Waals surface area contributed by atoms with E-state index in [9.17, 15) is 0 Å². The van der Waals surface area contributed by atoms with E-state index in [4.69, 9.17) is 10.5 Å². The molecule has 0 saturated carbocycles. The summed E-state index contributed by atoms with van der Waals surface area (Å²) in [6.07, 6.45) is 1.44. The normalized spacial score (nSPS) is 12.2. The number of aryl methyl sites for hydroxylation is 1.